The SMILES string of the molecule is CCCCC(CCC)C1=C=CC=CC(N2CC(C)N(c3ccc(CCN4CCC4)cc3)C2=O)=C1. The number of likely N-dealkylation sites (tertiary alicyclic amines) is 1. The molecular formula is C30H41N3O. The van der Waals surface area contributed by atoms with Crippen molar-refractivity contribution >= 4 is 11.7 Å². The van der Waals surface area contributed by atoms with Crippen molar-refractivity contribution in [1.29, 1.82) is 0 Å². The van der Waals surface area contributed by atoms with Gasteiger partial charge in [-0.05, 0) is 93.1 Å². The quantitative estimate of drug-likeness (QED) is 0.344. The topological polar surface area (TPSA) is 26.8 Å². The van der Waals surface area contributed by atoms with Crippen LogP contribution in [0.25, 0.3) is 0 Å². The maximum absolute atomic E-state index is 13.6. The van der Waals surface area contributed by atoms with E-state index in [4.69, 9.17) is 0 Å². The molecule has 2 fully saturated rings. The summed E-state index contributed by atoms with van der Waals surface area (Å²) in [5.74, 6) is 0.506. The van der Waals surface area contributed by atoms with Gasteiger partial charge in [0.05, 0.1) is 6.04 Å². The van der Waals surface area contributed by atoms with Crippen LogP contribution in [0, 0.1) is 5.92 Å². The monoisotopic (exact) mass is 459 g/mol. The van der Waals surface area contributed by atoms with Gasteiger partial charge >= 0.3 is 6.03 Å². The Kier molecular flexibility index (Phi) is 8.48. The summed E-state index contributed by atoms with van der Waals surface area (Å²) >= 11 is 0. The first-order chi connectivity index (χ1) is 16.6. The van der Waals surface area contributed by atoms with Gasteiger partial charge in [-0.1, -0.05) is 51.3 Å². The van der Waals surface area contributed by atoms with E-state index >= 15 is 0 Å². The van der Waals surface area contributed by atoms with Gasteiger partial charge in [-0.3, -0.25) is 9.80 Å². The van der Waals surface area contributed by atoms with Crippen LogP contribution in [0.15, 0.2) is 65.6 Å². The number of rotatable bonds is 11. The highest BCUT2D eigenvalue weighted by atomic mass is 16.2. The zero-order valence-corrected chi connectivity index (χ0v) is 21.3. The molecule has 2 saturated heterocycles. The average molecular weight is 460 g/mol. The van der Waals surface area contributed by atoms with Crippen LogP contribution in [0.2, 0.25) is 0 Å². The Morgan fingerprint density at radius 3 is 2.56 bits per heavy atom. The van der Waals surface area contributed by atoms with Crippen molar-refractivity contribution in [2.75, 3.05) is 31.1 Å². The zero-order valence-electron chi connectivity index (χ0n) is 21.3. The molecule has 0 saturated carbocycles. The van der Waals surface area contributed by atoms with E-state index in [2.05, 4.69) is 67.8 Å². The molecule has 0 radical (unpaired) electrons. The Labute approximate surface area is 206 Å². The van der Waals surface area contributed by atoms with Gasteiger partial charge in [0.25, 0.3) is 0 Å². The highest BCUT2D eigenvalue weighted by Gasteiger charge is 2.37. The minimum Gasteiger partial charge on any atom is -0.303 e. The standard InChI is InChI=1S/C30H41N3O/c1-4-6-11-26(10-5-2)27-12-7-8-13-29(22-27)32-23-24(3)33(30(32)34)28-16-14-25(15-17-28)18-21-31-19-9-20-31/h7-8,13-17,22,24,26H,4-6,9-11,18-21,23H2,1-3H3. The first kappa shape index (κ1) is 24.6. The van der Waals surface area contributed by atoms with Crippen LogP contribution in [-0.2, 0) is 6.42 Å². The lowest BCUT2D eigenvalue weighted by Gasteiger charge is -2.30. The number of hydrogen-bond donors (Lipinski definition) is 0. The average Bonchev–Trinajstić information content (AvgIpc) is 2.97. The number of allylic oxidation sites excluding steroid dienone is 4. The lowest BCUT2D eigenvalue weighted by Crippen LogP contribution is -2.38. The fraction of sp³-hybridized carbons (Fsp3) is 0.533. The van der Waals surface area contributed by atoms with Crippen LogP contribution in [0.3, 0.4) is 0 Å². The molecule has 0 aromatic heterocycles. The maximum Gasteiger partial charge on any atom is 0.329 e. The Morgan fingerprint density at radius 2 is 1.88 bits per heavy atom. The van der Waals surface area contributed by atoms with Crippen molar-refractivity contribution < 1.29 is 4.79 Å². The van der Waals surface area contributed by atoms with Crippen LogP contribution in [0.4, 0.5) is 10.5 Å². The van der Waals surface area contributed by atoms with E-state index < -0.39 is 0 Å². The molecule has 1 aromatic rings. The third-order valence-corrected chi connectivity index (χ3v) is 7.42. The molecule has 0 spiro atoms. The fourth-order valence-electron chi connectivity index (χ4n) is 5.24. The van der Waals surface area contributed by atoms with Crippen molar-refractivity contribution in [2.24, 2.45) is 5.92 Å². The summed E-state index contributed by atoms with van der Waals surface area (Å²) in [4.78, 5) is 20.0. The molecule has 2 aliphatic heterocycles. The third kappa shape index (κ3) is 5.74. The number of amides is 2. The largest absolute Gasteiger partial charge is 0.329 e. The zero-order chi connectivity index (χ0) is 23.9. The Morgan fingerprint density at radius 1 is 1.09 bits per heavy atom. The van der Waals surface area contributed by atoms with Crippen molar-refractivity contribution in [1.82, 2.24) is 9.80 Å². The molecule has 4 nitrogen and oxygen atoms in total. The van der Waals surface area contributed by atoms with Crippen molar-refractivity contribution in [3.63, 3.8) is 0 Å². The summed E-state index contributed by atoms with van der Waals surface area (Å²) in [6.45, 7) is 11.0. The summed E-state index contributed by atoms with van der Waals surface area (Å²) in [7, 11) is 0. The number of benzene rings is 1. The lowest BCUT2D eigenvalue weighted by atomic mass is 9.89. The molecule has 182 valence electrons. The summed E-state index contributed by atoms with van der Waals surface area (Å²) in [5.41, 5.74) is 8.06. The molecule has 2 unspecified atom stereocenters. The van der Waals surface area contributed by atoms with Crippen LogP contribution >= 0.6 is 0 Å². The molecule has 0 bridgehead atoms. The van der Waals surface area contributed by atoms with E-state index in [1.165, 1.54) is 56.3 Å². The molecule has 2 amide bonds. The van der Waals surface area contributed by atoms with Gasteiger partial charge < -0.3 is 4.90 Å². The number of urea groups is 1. The molecule has 0 N–H and O–H groups in total. The minimum absolute atomic E-state index is 0.0681. The van der Waals surface area contributed by atoms with E-state index in [9.17, 15) is 4.79 Å². The van der Waals surface area contributed by atoms with Gasteiger partial charge in [-0.2, -0.15) is 0 Å². The number of anilines is 1. The second-order valence-electron chi connectivity index (χ2n) is 10.0. The van der Waals surface area contributed by atoms with E-state index in [0.29, 0.717) is 12.5 Å². The van der Waals surface area contributed by atoms with Crippen LogP contribution < -0.4 is 4.90 Å². The number of nitrogens with zero attached hydrogens (tertiary/aromatic N) is 3. The molecule has 1 aromatic carbocycles. The number of hydrogen-bond acceptors (Lipinski definition) is 2. The van der Waals surface area contributed by atoms with E-state index in [1.807, 2.05) is 22.0 Å². The summed E-state index contributed by atoms with van der Waals surface area (Å²) in [6, 6.07) is 8.82. The van der Waals surface area contributed by atoms with Crippen molar-refractivity contribution in [3.8, 4) is 0 Å². The molecule has 4 rings (SSSR count). The predicted molar refractivity (Wildman–Crippen MR) is 142 cm³/mol. The summed E-state index contributed by atoms with van der Waals surface area (Å²) in [5, 5.41) is 0. The molecule has 34 heavy (non-hydrogen) atoms. The first-order valence-electron chi connectivity index (χ1n) is 13.4. The third-order valence-electron chi connectivity index (χ3n) is 7.42. The minimum atomic E-state index is 0.0681. The summed E-state index contributed by atoms with van der Waals surface area (Å²) in [6.07, 6.45) is 16.7. The molecule has 4 heteroatoms. The molecule has 3 aliphatic rings. The molecular weight excluding hydrogens is 418 g/mol. The molecule has 1 aliphatic carbocycles. The fourth-order valence-corrected chi connectivity index (χ4v) is 5.24. The van der Waals surface area contributed by atoms with E-state index in [1.54, 1.807) is 0 Å². The van der Waals surface area contributed by atoms with Gasteiger partial charge in [0.15, 0.2) is 0 Å². The van der Waals surface area contributed by atoms with Gasteiger partial charge in [-0.25, -0.2) is 4.79 Å². The van der Waals surface area contributed by atoms with Gasteiger partial charge in [0, 0.05) is 24.5 Å². The Balaban J connectivity index is 1.47. The molecule has 2 heterocycles. The highest BCUT2D eigenvalue weighted by molar-refractivity contribution is 5.96. The smallest absolute Gasteiger partial charge is 0.303 e. The van der Waals surface area contributed by atoms with Gasteiger partial charge in [0.2, 0.25) is 0 Å². The van der Waals surface area contributed by atoms with Crippen molar-refractivity contribution in [2.45, 2.75) is 71.8 Å². The van der Waals surface area contributed by atoms with Crippen LogP contribution in [0.1, 0.15) is 64.9 Å². The predicted octanol–water partition coefficient (Wildman–Crippen LogP) is 6.71. The van der Waals surface area contributed by atoms with Gasteiger partial charge in [0.1, 0.15) is 0 Å². The van der Waals surface area contributed by atoms with E-state index in [0.717, 1.165) is 30.8 Å². The van der Waals surface area contributed by atoms with Gasteiger partial charge in [-0.15, -0.1) is 5.73 Å². The Bertz CT molecular complexity index is 963. The first-order valence-corrected chi connectivity index (χ1v) is 13.4. The second-order valence-corrected chi connectivity index (χ2v) is 10.0. The summed E-state index contributed by atoms with van der Waals surface area (Å²) < 4.78 is 0. The molecule has 2 atom stereocenters. The van der Waals surface area contributed by atoms with Crippen LogP contribution in [0.5, 0.6) is 0 Å². The van der Waals surface area contributed by atoms with Crippen molar-refractivity contribution in [3.05, 3.63) is 71.1 Å². The number of carbonyl (C=O) groups excluding carboxylic acids is 1. The number of carbonyl (C=O) groups is 1. The normalized spacial score (nSPS) is 21.4. The number of unbranched alkanes of at least 4 members (excludes halogenated alkanes) is 1. The lowest BCUT2D eigenvalue weighted by molar-refractivity contribution is 0.184. The van der Waals surface area contributed by atoms with Crippen LogP contribution in [-0.4, -0.2) is 48.1 Å². The highest BCUT2D eigenvalue weighted by Crippen LogP contribution is 2.31. The van der Waals surface area contributed by atoms with E-state index in [-0.39, 0.29) is 12.1 Å². The maximum atomic E-state index is 13.6. The Hall–Kier alpha value is -2.55. The second kappa shape index (κ2) is 11.7.